The molecular formula is C32H39N5O2. The highest BCUT2D eigenvalue weighted by Crippen LogP contribution is 2.53. The normalized spacial score (nSPS) is 21.1. The number of hydrogen-bond acceptors (Lipinski definition) is 5. The number of nitrogens with zero attached hydrogens (tertiary/aromatic N) is 3. The van der Waals surface area contributed by atoms with Crippen LogP contribution in [0.15, 0.2) is 67.0 Å². The van der Waals surface area contributed by atoms with Gasteiger partial charge in [-0.1, -0.05) is 19.1 Å². The molecule has 5 rings (SSSR count). The fourth-order valence-corrected chi connectivity index (χ4v) is 5.74. The Hall–Kier alpha value is -3.71. The molecule has 1 aromatic heterocycles. The molecule has 0 bridgehead atoms. The van der Waals surface area contributed by atoms with E-state index in [0.717, 1.165) is 54.2 Å². The van der Waals surface area contributed by atoms with Gasteiger partial charge in [0.15, 0.2) is 0 Å². The van der Waals surface area contributed by atoms with Crippen molar-refractivity contribution in [1.29, 1.82) is 0 Å². The largest absolute Gasteiger partial charge is 0.369 e. The molecule has 1 aliphatic carbocycles. The van der Waals surface area contributed by atoms with Gasteiger partial charge in [0.05, 0.1) is 0 Å². The Morgan fingerprint density at radius 1 is 1.03 bits per heavy atom. The van der Waals surface area contributed by atoms with E-state index in [1.165, 1.54) is 0 Å². The molecule has 1 aliphatic heterocycles. The zero-order chi connectivity index (χ0) is 27.5. The fraction of sp³-hybridized carbons (Fsp3) is 0.406. The minimum Gasteiger partial charge on any atom is -0.369 e. The molecule has 2 aromatic carbocycles. The van der Waals surface area contributed by atoms with Gasteiger partial charge in [0.2, 0.25) is 5.91 Å². The summed E-state index contributed by atoms with van der Waals surface area (Å²) < 4.78 is 0. The SMILES string of the molecule is Cc1cc(NC(=O)C2C(C)C2c2cccnc2)ccc1CNC(=O)c1ccc(N2CCN(C(C)C)CC2)cc1. The van der Waals surface area contributed by atoms with Crippen LogP contribution >= 0.6 is 0 Å². The smallest absolute Gasteiger partial charge is 0.251 e. The van der Waals surface area contributed by atoms with Crippen molar-refractivity contribution in [2.45, 2.75) is 46.2 Å². The predicted octanol–water partition coefficient (Wildman–Crippen LogP) is 4.84. The van der Waals surface area contributed by atoms with Crippen LogP contribution in [0.2, 0.25) is 0 Å². The van der Waals surface area contributed by atoms with Crippen LogP contribution in [-0.4, -0.2) is 53.9 Å². The van der Waals surface area contributed by atoms with Gasteiger partial charge < -0.3 is 15.5 Å². The number of aromatic nitrogens is 1. The molecular weight excluding hydrogens is 486 g/mol. The molecule has 0 spiro atoms. The van der Waals surface area contributed by atoms with E-state index in [0.29, 0.717) is 24.1 Å². The maximum Gasteiger partial charge on any atom is 0.251 e. The van der Waals surface area contributed by atoms with Gasteiger partial charge in [0.25, 0.3) is 5.91 Å². The van der Waals surface area contributed by atoms with Crippen molar-refractivity contribution in [3.63, 3.8) is 0 Å². The number of hydrogen-bond donors (Lipinski definition) is 2. The monoisotopic (exact) mass is 525 g/mol. The summed E-state index contributed by atoms with van der Waals surface area (Å²) in [6.07, 6.45) is 3.61. The summed E-state index contributed by atoms with van der Waals surface area (Å²) in [5.74, 6) is 0.436. The third kappa shape index (κ3) is 6.14. The number of pyridine rings is 1. The van der Waals surface area contributed by atoms with E-state index in [4.69, 9.17) is 0 Å². The molecule has 0 radical (unpaired) electrons. The second kappa shape index (κ2) is 11.6. The highest BCUT2D eigenvalue weighted by molar-refractivity contribution is 5.96. The first-order chi connectivity index (χ1) is 18.8. The van der Waals surface area contributed by atoms with E-state index in [1.54, 1.807) is 6.20 Å². The number of carbonyl (C=O) groups excluding carboxylic acids is 2. The molecule has 2 fully saturated rings. The summed E-state index contributed by atoms with van der Waals surface area (Å²) in [4.78, 5) is 34.8. The Morgan fingerprint density at radius 2 is 1.77 bits per heavy atom. The van der Waals surface area contributed by atoms with Crippen molar-refractivity contribution >= 4 is 23.2 Å². The van der Waals surface area contributed by atoms with Crippen LogP contribution in [0.25, 0.3) is 0 Å². The zero-order valence-corrected chi connectivity index (χ0v) is 23.4. The third-order valence-electron chi connectivity index (χ3n) is 8.34. The molecule has 204 valence electrons. The summed E-state index contributed by atoms with van der Waals surface area (Å²) in [5.41, 5.74) is 5.76. The van der Waals surface area contributed by atoms with Gasteiger partial charge in [0.1, 0.15) is 0 Å². The van der Waals surface area contributed by atoms with Gasteiger partial charge in [0, 0.05) is 79.9 Å². The molecule has 7 heteroatoms. The Kier molecular flexibility index (Phi) is 7.98. The van der Waals surface area contributed by atoms with E-state index in [1.807, 2.05) is 67.7 Å². The van der Waals surface area contributed by atoms with E-state index in [9.17, 15) is 9.59 Å². The Bertz CT molecular complexity index is 1300. The Morgan fingerprint density at radius 3 is 2.41 bits per heavy atom. The van der Waals surface area contributed by atoms with Crippen molar-refractivity contribution in [2.24, 2.45) is 11.8 Å². The van der Waals surface area contributed by atoms with E-state index in [-0.39, 0.29) is 23.7 Å². The van der Waals surface area contributed by atoms with Crippen molar-refractivity contribution in [3.05, 3.63) is 89.2 Å². The number of carbonyl (C=O) groups is 2. The number of benzene rings is 2. The van der Waals surface area contributed by atoms with Crippen molar-refractivity contribution < 1.29 is 9.59 Å². The lowest BCUT2D eigenvalue weighted by Gasteiger charge is -2.38. The van der Waals surface area contributed by atoms with Gasteiger partial charge in [-0.15, -0.1) is 0 Å². The maximum absolute atomic E-state index is 12.9. The topological polar surface area (TPSA) is 77.6 Å². The molecule has 1 saturated heterocycles. The lowest BCUT2D eigenvalue weighted by atomic mass is 10.1. The minimum atomic E-state index is -0.0906. The second-order valence-corrected chi connectivity index (χ2v) is 11.2. The summed E-state index contributed by atoms with van der Waals surface area (Å²) >= 11 is 0. The van der Waals surface area contributed by atoms with E-state index in [2.05, 4.69) is 46.2 Å². The van der Waals surface area contributed by atoms with Gasteiger partial charge in [-0.2, -0.15) is 0 Å². The average molecular weight is 526 g/mol. The van der Waals surface area contributed by atoms with Gasteiger partial charge in [-0.3, -0.25) is 19.5 Å². The first-order valence-corrected chi connectivity index (χ1v) is 14.0. The van der Waals surface area contributed by atoms with E-state index < -0.39 is 0 Å². The molecule has 2 aliphatic rings. The first kappa shape index (κ1) is 26.9. The van der Waals surface area contributed by atoms with Crippen LogP contribution in [0.5, 0.6) is 0 Å². The second-order valence-electron chi connectivity index (χ2n) is 11.2. The summed E-state index contributed by atoms with van der Waals surface area (Å²) in [6.45, 7) is 13.2. The number of nitrogens with one attached hydrogen (secondary N) is 2. The van der Waals surface area contributed by atoms with Crippen molar-refractivity contribution in [2.75, 3.05) is 36.4 Å². The highest BCUT2D eigenvalue weighted by Gasteiger charge is 2.52. The maximum atomic E-state index is 12.9. The summed E-state index contributed by atoms with van der Waals surface area (Å²) in [6, 6.07) is 18.3. The number of aryl methyl sites for hydroxylation is 1. The van der Waals surface area contributed by atoms with Crippen LogP contribution < -0.4 is 15.5 Å². The van der Waals surface area contributed by atoms with Crippen molar-refractivity contribution in [3.8, 4) is 0 Å². The van der Waals surface area contributed by atoms with Crippen LogP contribution in [0.4, 0.5) is 11.4 Å². The molecule has 3 unspecified atom stereocenters. The third-order valence-corrected chi connectivity index (χ3v) is 8.34. The lowest BCUT2D eigenvalue weighted by Crippen LogP contribution is -2.48. The van der Waals surface area contributed by atoms with Crippen LogP contribution in [-0.2, 0) is 11.3 Å². The quantitative estimate of drug-likeness (QED) is 0.440. The molecule has 3 atom stereocenters. The summed E-state index contributed by atoms with van der Waals surface area (Å²) in [7, 11) is 0. The van der Waals surface area contributed by atoms with Crippen LogP contribution in [0.1, 0.15) is 53.7 Å². The molecule has 39 heavy (non-hydrogen) atoms. The first-order valence-electron chi connectivity index (χ1n) is 14.0. The predicted molar refractivity (Wildman–Crippen MR) is 156 cm³/mol. The van der Waals surface area contributed by atoms with Gasteiger partial charge >= 0.3 is 0 Å². The molecule has 1 saturated carbocycles. The number of amides is 2. The van der Waals surface area contributed by atoms with Crippen molar-refractivity contribution in [1.82, 2.24) is 15.2 Å². The van der Waals surface area contributed by atoms with Gasteiger partial charge in [-0.25, -0.2) is 0 Å². The fourth-order valence-electron chi connectivity index (χ4n) is 5.74. The molecule has 7 nitrogen and oxygen atoms in total. The average Bonchev–Trinajstić information content (AvgIpc) is 3.64. The Labute approximate surface area is 231 Å². The standard InChI is InChI=1S/C32H39N5O2/c1-21(2)36-14-16-37(17-15-36)28-11-8-24(9-12-28)31(38)34-20-25-7-10-27(18-22(25)3)35-32(39)30-23(4)29(30)26-6-5-13-33-19-26/h5-13,18-19,21,23,29-30H,14-17,20H2,1-4H3,(H,34,38)(H,35,39). The van der Waals surface area contributed by atoms with Gasteiger partial charge in [-0.05, 0) is 85.8 Å². The highest BCUT2D eigenvalue weighted by atomic mass is 16.2. The molecule has 2 heterocycles. The van der Waals surface area contributed by atoms with Crippen LogP contribution in [0.3, 0.4) is 0 Å². The Balaban J connectivity index is 1.12. The lowest BCUT2D eigenvalue weighted by molar-refractivity contribution is -0.117. The number of anilines is 2. The van der Waals surface area contributed by atoms with E-state index >= 15 is 0 Å². The zero-order valence-electron chi connectivity index (χ0n) is 23.4. The van der Waals surface area contributed by atoms with Crippen LogP contribution in [0, 0.1) is 18.8 Å². The minimum absolute atomic E-state index is 0.0375. The molecule has 2 N–H and O–H groups in total. The molecule has 3 aromatic rings. The number of piperazine rings is 1. The summed E-state index contributed by atoms with van der Waals surface area (Å²) in [5, 5.41) is 6.12. The molecule has 2 amide bonds. The number of rotatable bonds is 8.